The number of nitrogens with one attached hydrogen (secondary N) is 1. The van der Waals surface area contributed by atoms with E-state index in [1.165, 1.54) is 6.07 Å². The maximum Gasteiger partial charge on any atom is 0.131 e. The third-order valence-corrected chi connectivity index (χ3v) is 4.72. The molecule has 0 atom stereocenters. The maximum absolute atomic E-state index is 14.8. The fourth-order valence-electron chi connectivity index (χ4n) is 3.28. The number of fused-ring (bicyclic) bond motifs is 2. The Kier molecular flexibility index (Phi) is 3.91. The Labute approximate surface area is 160 Å². The first-order valence-corrected chi connectivity index (χ1v) is 8.89. The van der Waals surface area contributed by atoms with Gasteiger partial charge in [0.05, 0.1) is 16.9 Å². The summed E-state index contributed by atoms with van der Waals surface area (Å²) in [6.45, 7) is 0. The molecule has 2 aromatic carbocycles. The van der Waals surface area contributed by atoms with Gasteiger partial charge in [-0.25, -0.2) is 4.39 Å². The van der Waals surface area contributed by atoms with Crippen molar-refractivity contribution in [2.24, 2.45) is 4.99 Å². The third kappa shape index (κ3) is 2.93. The van der Waals surface area contributed by atoms with E-state index in [0.29, 0.717) is 11.3 Å². The number of hydrogen-bond donors (Lipinski definition) is 1. The van der Waals surface area contributed by atoms with Crippen LogP contribution in [0.4, 0.5) is 10.1 Å². The lowest BCUT2D eigenvalue weighted by atomic mass is 10.0. The van der Waals surface area contributed by atoms with E-state index in [2.05, 4.69) is 20.2 Å². The van der Waals surface area contributed by atoms with E-state index in [0.717, 1.165) is 33.3 Å². The molecular formula is C23H15FN4. The molecule has 134 valence electrons. The molecular weight excluding hydrogens is 351 g/mol. The molecule has 0 amide bonds. The van der Waals surface area contributed by atoms with Crippen LogP contribution in [-0.2, 0) is 0 Å². The van der Waals surface area contributed by atoms with Gasteiger partial charge in [0.1, 0.15) is 5.82 Å². The molecule has 0 saturated heterocycles. The smallest absolute Gasteiger partial charge is 0.131 e. The van der Waals surface area contributed by atoms with Crippen LogP contribution in [0.5, 0.6) is 0 Å². The zero-order chi connectivity index (χ0) is 18.9. The monoisotopic (exact) mass is 366 g/mol. The summed E-state index contributed by atoms with van der Waals surface area (Å²) in [4.78, 5) is 8.37. The number of halogens is 1. The molecule has 0 saturated carbocycles. The largest absolute Gasteiger partial charge is 0.277 e. The van der Waals surface area contributed by atoms with Crippen molar-refractivity contribution in [3.05, 3.63) is 89.1 Å². The number of nitrogens with zero attached hydrogens (tertiary/aromatic N) is 3. The zero-order valence-corrected chi connectivity index (χ0v) is 14.8. The van der Waals surface area contributed by atoms with Crippen LogP contribution in [0.1, 0.15) is 22.4 Å². The Balaban J connectivity index is 1.52. The molecule has 0 unspecified atom stereocenters. The lowest BCUT2D eigenvalue weighted by Gasteiger charge is -2.02. The topological polar surface area (TPSA) is 53.9 Å². The number of rotatable bonds is 3. The summed E-state index contributed by atoms with van der Waals surface area (Å²) < 4.78 is 14.8. The number of benzene rings is 2. The molecule has 5 heteroatoms. The molecule has 2 aromatic heterocycles. The van der Waals surface area contributed by atoms with E-state index >= 15 is 0 Å². The maximum atomic E-state index is 14.8. The average Bonchev–Trinajstić information content (AvgIpc) is 3.32. The number of H-pyrrole nitrogens is 1. The lowest BCUT2D eigenvalue weighted by Crippen LogP contribution is -1.86. The summed E-state index contributed by atoms with van der Waals surface area (Å²) in [6.07, 6.45) is 10.8. The van der Waals surface area contributed by atoms with Crippen LogP contribution in [0.15, 0.2) is 65.9 Å². The highest BCUT2D eigenvalue weighted by molar-refractivity contribution is 6.21. The zero-order valence-electron chi connectivity index (χ0n) is 14.8. The third-order valence-electron chi connectivity index (χ3n) is 4.72. The molecule has 0 fully saturated rings. The second-order valence-electron chi connectivity index (χ2n) is 6.52. The number of allylic oxidation sites excluding steroid dienone is 1. The molecule has 4 aromatic rings. The summed E-state index contributed by atoms with van der Waals surface area (Å²) in [5.41, 5.74) is 5.79. The second kappa shape index (κ2) is 6.70. The van der Waals surface area contributed by atoms with Crippen LogP contribution >= 0.6 is 0 Å². The quantitative estimate of drug-likeness (QED) is 0.519. The first-order chi connectivity index (χ1) is 13.8. The van der Waals surface area contributed by atoms with E-state index < -0.39 is 0 Å². The number of aromatic nitrogens is 3. The molecule has 0 aliphatic carbocycles. The van der Waals surface area contributed by atoms with Gasteiger partial charge in [-0.05, 0) is 48.0 Å². The van der Waals surface area contributed by atoms with Gasteiger partial charge >= 0.3 is 0 Å². The van der Waals surface area contributed by atoms with Gasteiger partial charge in [-0.15, -0.1) is 0 Å². The molecule has 1 aliphatic rings. The van der Waals surface area contributed by atoms with Crippen molar-refractivity contribution in [1.29, 1.82) is 0 Å². The van der Waals surface area contributed by atoms with Crippen molar-refractivity contribution >= 4 is 46.6 Å². The Hall–Kier alpha value is -3.86. The van der Waals surface area contributed by atoms with Crippen molar-refractivity contribution in [3.8, 4) is 0 Å². The summed E-state index contributed by atoms with van der Waals surface area (Å²) >= 11 is 0. The van der Waals surface area contributed by atoms with E-state index in [4.69, 9.17) is 0 Å². The van der Waals surface area contributed by atoms with Gasteiger partial charge in [0, 0.05) is 40.7 Å². The van der Waals surface area contributed by atoms with Gasteiger partial charge in [0.15, 0.2) is 0 Å². The van der Waals surface area contributed by atoms with Gasteiger partial charge in [-0.2, -0.15) is 5.10 Å². The lowest BCUT2D eigenvalue weighted by molar-refractivity contribution is 0.627. The Morgan fingerprint density at radius 1 is 0.964 bits per heavy atom. The Morgan fingerprint density at radius 3 is 2.71 bits per heavy atom. The van der Waals surface area contributed by atoms with Crippen LogP contribution in [0.25, 0.3) is 34.7 Å². The molecule has 1 aliphatic heterocycles. The highest BCUT2D eigenvalue weighted by Gasteiger charge is 2.13. The molecule has 0 spiro atoms. The molecule has 0 bridgehead atoms. The van der Waals surface area contributed by atoms with Crippen molar-refractivity contribution in [2.75, 3.05) is 0 Å². The number of aromatic amines is 1. The van der Waals surface area contributed by atoms with Gasteiger partial charge in [0.25, 0.3) is 0 Å². The van der Waals surface area contributed by atoms with Crippen molar-refractivity contribution in [3.63, 3.8) is 0 Å². The predicted molar refractivity (Wildman–Crippen MR) is 112 cm³/mol. The normalized spacial score (nSPS) is 14.4. The summed E-state index contributed by atoms with van der Waals surface area (Å²) in [7, 11) is 0. The van der Waals surface area contributed by atoms with Crippen LogP contribution in [0.3, 0.4) is 0 Å². The van der Waals surface area contributed by atoms with Gasteiger partial charge in [-0.1, -0.05) is 24.3 Å². The minimum absolute atomic E-state index is 0.294. The summed E-state index contributed by atoms with van der Waals surface area (Å²) in [5, 5.41) is 8.05. The first-order valence-electron chi connectivity index (χ1n) is 8.89. The van der Waals surface area contributed by atoms with E-state index in [1.807, 2.05) is 54.6 Å². The molecule has 28 heavy (non-hydrogen) atoms. The van der Waals surface area contributed by atoms with Gasteiger partial charge in [0.2, 0.25) is 0 Å². The Morgan fingerprint density at radius 2 is 1.82 bits per heavy atom. The standard InChI is InChI=1S/C23H15FN4/c24-20-13-19-22(6-5-15-7-9-25-10-8-15)27-28-23(19)12-16(20)11-17-14-26-21-4-2-1-3-18(17)21/h1-14H,(H,27,28)/b6-5+,17-11-. The molecule has 0 radical (unpaired) electrons. The number of para-hydroxylation sites is 1. The van der Waals surface area contributed by atoms with Crippen LogP contribution < -0.4 is 0 Å². The van der Waals surface area contributed by atoms with Crippen molar-refractivity contribution < 1.29 is 4.39 Å². The van der Waals surface area contributed by atoms with Crippen LogP contribution in [0, 0.1) is 5.82 Å². The first kappa shape index (κ1) is 16.3. The van der Waals surface area contributed by atoms with E-state index in [-0.39, 0.29) is 5.82 Å². The van der Waals surface area contributed by atoms with Crippen LogP contribution in [0.2, 0.25) is 0 Å². The van der Waals surface area contributed by atoms with Crippen molar-refractivity contribution in [1.82, 2.24) is 15.2 Å². The Bertz CT molecular complexity index is 1270. The molecule has 4 nitrogen and oxygen atoms in total. The minimum Gasteiger partial charge on any atom is -0.277 e. The number of hydrogen-bond acceptors (Lipinski definition) is 3. The number of pyridine rings is 1. The minimum atomic E-state index is -0.294. The fraction of sp³-hybridized carbons (Fsp3) is 0. The van der Waals surface area contributed by atoms with Gasteiger partial charge < -0.3 is 0 Å². The van der Waals surface area contributed by atoms with Gasteiger partial charge in [-0.3, -0.25) is 15.1 Å². The van der Waals surface area contributed by atoms with Crippen molar-refractivity contribution in [2.45, 2.75) is 0 Å². The van der Waals surface area contributed by atoms with E-state index in [9.17, 15) is 4.39 Å². The highest BCUT2D eigenvalue weighted by atomic mass is 19.1. The van der Waals surface area contributed by atoms with Crippen LogP contribution in [-0.4, -0.2) is 21.4 Å². The predicted octanol–water partition coefficient (Wildman–Crippen LogP) is 5.52. The molecule has 3 heterocycles. The average molecular weight is 366 g/mol. The number of aliphatic imine (C=N–C) groups is 1. The highest BCUT2D eigenvalue weighted by Crippen LogP contribution is 2.33. The van der Waals surface area contributed by atoms with E-state index in [1.54, 1.807) is 24.7 Å². The molecule has 1 N–H and O–H groups in total. The second-order valence-corrected chi connectivity index (χ2v) is 6.52. The summed E-state index contributed by atoms with van der Waals surface area (Å²) in [6, 6.07) is 14.9. The molecule has 5 rings (SSSR count). The fourth-order valence-corrected chi connectivity index (χ4v) is 3.28. The summed E-state index contributed by atoms with van der Waals surface area (Å²) in [5.74, 6) is -0.294. The SMILES string of the molecule is Fc1cc2c(/C=C/c3ccncc3)n[nH]c2cc1/C=C1/C=Nc2ccccc21.